The molecule has 0 bridgehead atoms. The highest BCUT2D eigenvalue weighted by atomic mass is 16.5. The summed E-state index contributed by atoms with van der Waals surface area (Å²) >= 11 is 0. The molecule has 3 rings (SSSR count). The van der Waals surface area contributed by atoms with E-state index in [4.69, 9.17) is 9.15 Å². The van der Waals surface area contributed by atoms with Gasteiger partial charge in [-0.3, -0.25) is 14.4 Å². The van der Waals surface area contributed by atoms with Crippen molar-refractivity contribution in [1.82, 2.24) is 10.3 Å². The van der Waals surface area contributed by atoms with E-state index < -0.39 is 23.0 Å². The van der Waals surface area contributed by atoms with Crippen molar-refractivity contribution in [1.29, 1.82) is 0 Å². The number of aromatic hydroxyl groups is 2. The van der Waals surface area contributed by atoms with Gasteiger partial charge in [-0.1, -0.05) is 12.1 Å². The highest BCUT2D eigenvalue weighted by molar-refractivity contribution is 5.90. The summed E-state index contributed by atoms with van der Waals surface area (Å²) in [6, 6.07) is 10.7. The molecule has 34 heavy (non-hydrogen) atoms. The molecule has 2 heterocycles. The van der Waals surface area contributed by atoms with Crippen LogP contribution in [-0.4, -0.2) is 40.7 Å². The first kappa shape index (κ1) is 24.3. The number of ether oxygens (including phenoxy) is 1. The molecule has 2 aromatic heterocycles. The molecule has 3 aromatic rings. The number of anilines is 1. The second kappa shape index (κ2) is 11.0. The Labute approximate surface area is 195 Å². The topological polar surface area (TPSA) is 151 Å². The van der Waals surface area contributed by atoms with Gasteiger partial charge in [0.05, 0.1) is 13.0 Å². The maximum Gasteiger partial charge on any atom is 0.227 e. The van der Waals surface area contributed by atoms with Crippen LogP contribution in [0.15, 0.2) is 57.9 Å². The Morgan fingerprint density at radius 2 is 1.94 bits per heavy atom. The number of pyridine rings is 1. The van der Waals surface area contributed by atoms with Crippen molar-refractivity contribution in [2.24, 2.45) is 0 Å². The van der Waals surface area contributed by atoms with E-state index in [1.54, 1.807) is 31.3 Å². The Hall–Kier alpha value is -4.34. The maximum absolute atomic E-state index is 12.7. The summed E-state index contributed by atoms with van der Waals surface area (Å²) < 4.78 is 10.8. The molecule has 0 saturated carbocycles. The van der Waals surface area contributed by atoms with E-state index in [0.717, 1.165) is 6.07 Å². The van der Waals surface area contributed by atoms with E-state index in [-0.39, 0.29) is 48.3 Å². The number of carbonyl (C=O) groups is 2. The van der Waals surface area contributed by atoms with E-state index >= 15 is 0 Å². The maximum atomic E-state index is 12.7. The molecule has 0 fully saturated rings. The molecule has 178 valence electrons. The second-order valence-electron chi connectivity index (χ2n) is 7.49. The van der Waals surface area contributed by atoms with E-state index in [0.29, 0.717) is 11.4 Å². The average molecular weight is 467 g/mol. The molecular formula is C24H25N3O7. The first-order valence-corrected chi connectivity index (χ1v) is 10.5. The molecule has 10 heteroatoms. The lowest BCUT2D eigenvalue weighted by Gasteiger charge is -2.19. The van der Waals surface area contributed by atoms with Crippen molar-refractivity contribution in [2.45, 2.75) is 25.7 Å². The number of hydrogen-bond acceptors (Lipinski definition) is 8. The van der Waals surface area contributed by atoms with Crippen molar-refractivity contribution in [3.63, 3.8) is 0 Å². The molecule has 10 nitrogen and oxygen atoms in total. The van der Waals surface area contributed by atoms with Crippen LogP contribution in [0.25, 0.3) is 0 Å². The molecule has 2 amide bonds. The lowest BCUT2D eigenvalue weighted by atomic mass is 9.91. The Kier molecular flexibility index (Phi) is 7.86. The summed E-state index contributed by atoms with van der Waals surface area (Å²) in [7, 11) is 1.38. The van der Waals surface area contributed by atoms with Gasteiger partial charge in [-0.15, -0.1) is 0 Å². The minimum absolute atomic E-state index is 0.0186. The molecule has 0 aliphatic carbocycles. The van der Waals surface area contributed by atoms with Gasteiger partial charge in [-0.25, -0.2) is 4.98 Å². The van der Waals surface area contributed by atoms with Crippen LogP contribution in [0.2, 0.25) is 0 Å². The minimum Gasteiger partial charge on any atom is -0.504 e. The van der Waals surface area contributed by atoms with Gasteiger partial charge >= 0.3 is 0 Å². The van der Waals surface area contributed by atoms with Gasteiger partial charge in [-0.05, 0) is 36.8 Å². The average Bonchev–Trinajstić information content (AvgIpc) is 2.81. The van der Waals surface area contributed by atoms with Gasteiger partial charge in [0.25, 0.3) is 0 Å². The van der Waals surface area contributed by atoms with Crippen LogP contribution in [0.4, 0.5) is 5.82 Å². The third-order valence-electron chi connectivity index (χ3n) is 4.99. The van der Waals surface area contributed by atoms with Gasteiger partial charge in [-0.2, -0.15) is 0 Å². The van der Waals surface area contributed by atoms with E-state index in [9.17, 15) is 24.6 Å². The van der Waals surface area contributed by atoms with Crippen LogP contribution in [-0.2, 0) is 9.59 Å². The van der Waals surface area contributed by atoms with Gasteiger partial charge in [0.1, 0.15) is 11.6 Å². The number of rotatable bonds is 9. The van der Waals surface area contributed by atoms with Gasteiger partial charge in [0.2, 0.25) is 23.0 Å². The first-order valence-electron chi connectivity index (χ1n) is 10.5. The molecule has 0 saturated heterocycles. The van der Waals surface area contributed by atoms with Crippen LogP contribution in [0.3, 0.4) is 0 Å². The SMILES string of the molecule is COc1cc([C@@H](CC(=O)NCCC(=O)Nc2ccccn2)c2oc(C)cc(=O)c2O)ccc1O. The zero-order chi connectivity index (χ0) is 24.7. The normalized spacial score (nSPS) is 11.5. The van der Waals surface area contributed by atoms with Crippen LogP contribution in [0.5, 0.6) is 17.2 Å². The number of carbonyl (C=O) groups excluding carboxylic acids is 2. The number of methoxy groups -OCH3 is 1. The summed E-state index contributed by atoms with van der Waals surface area (Å²) in [6.07, 6.45) is 1.37. The zero-order valence-electron chi connectivity index (χ0n) is 18.7. The Balaban J connectivity index is 1.75. The number of hydrogen-bond donors (Lipinski definition) is 4. The molecule has 0 radical (unpaired) electrons. The number of phenolic OH excluding ortho intramolecular Hbond substituents is 1. The number of phenols is 1. The summed E-state index contributed by atoms with van der Waals surface area (Å²) in [5.74, 6) is -1.58. The first-order chi connectivity index (χ1) is 16.3. The molecule has 1 atom stereocenters. The minimum atomic E-state index is -0.857. The number of benzene rings is 1. The van der Waals surface area contributed by atoms with E-state index in [2.05, 4.69) is 15.6 Å². The third-order valence-corrected chi connectivity index (χ3v) is 4.99. The monoisotopic (exact) mass is 467 g/mol. The fourth-order valence-corrected chi connectivity index (χ4v) is 3.35. The van der Waals surface area contributed by atoms with Crippen LogP contribution >= 0.6 is 0 Å². The molecule has 0 aliphatic heterocycles. The largest absolute Gasteiger partial charge is 0.504 e. The lowest BCUT2D eigenvalue weighted by Crippen LogP contribution is -2.29. The van der Waals surface area contributed by atoms with Gasteiger partial charge in [0, 0.05) is 31.6 Å². The Bertz CT molecular complexity index is 1220. The number of aryl methyl sites for hydroxylation is 1. The molecule has 0 aliphatic rings. The number of nitrogens with one attached hydrogen (secondary N) is 2. The van der Waals surface area contributed by atoms with Gasteiger partial charge in [0.15, 0.2) is 17.3 Å². The smallest absolute Gasteiger partial charge is 0.227 e. The summed E-state index contributed by atoms with van der Waals surface area (Å²) in [4.78, 5) is 40.9. The summed E-state index contributed by atoms with van der Waals surface area (Å²) in [5.41, 5.74) is -0.164. The molecular weight excluding hydrogens is 442 g/mol. The van der Waals surface area contributed by atoms with E-state index in [1.807, 2.05) is 0 Å². The highest BCUT2D eigenvalue weighted by Gasteiger charge is 2.26. The quantitative estimate of drug-likeness (QED) is 0.375. The molecule has 1 aromatic carbocycles. The zero-order valence-corrected chi connectivity index (χ0v) is 18.7. The van der Waals surface area contributed by atoms with Crippen LogP contribution < -0.4 is 20.8 Å². The van der Waals surface area contributed by atoms with Crippen molar-refractivity contribution in [2.75, 3.05) is 19.0 Å². The summed E-state index contributed by atoms with van der Waals surface area (Å²) in [6.45, 7) is 1.62. The predicted molar refractivity (Wildman–Crippen MR) is 123 cm³/mol. The van der Waals surface area contributed by atoms with Crippen LogP contribution in [0.1, 0.15) is 35.8 Å². The molecule has 0 spiro atoms. The molecule has 0 unspecified atom stereocenters. The third kappa shape index (κ3) is 6.12. The fraction of sp³-hybridized carbons (Fsp3) is 0.250. The standard InChI is InChI=1S/C24H25N3O7/c1-14-11-18(29)23(32)24(34-14)16(15-6-7-17(28)19(12-15)33-2)13-22(31)26-10-8-21(30)27-20-5-3-4-9-25-20/h3-7,9,11-12,16,28,32H,8,10,13H2,1-2H3,(H,26,31)(H,25,27,30)/t16-/m1/s1. The van der Waals surface area contributed by atoms with Crippen molar-refractivity contribution < 1.29 is 29.0 Å². The number of amides is 2. The molecule has 4 N–H and O–H groups in total. The predicted octanol–water partition coefficient (Wildman–Crippen LogP) is 2.43. The fourth-order valence-electron chi connectivity index (χ4n) is 3.35. The lowest BCUT2D eigenvalue weighted by molar-refractivity contribution is -0.121. The van der Waals surface area contributed by atoms with Gasteiger partial charge < -0.3 is 30.0 Å². The number of aromatic nitrogens is 1. The second-order valence-corrected chi connectivity index (χ2v) is 7.49. The number of nitrogens with zero attached hydrogens (tertiary/aromatic N) is 1. The highest BCUT2D eigenvalue weighted by Crippen LogP contribution is 2.37. The van der Waals surface area contributed by atoms with Crippen molar-refractivity contribution in [3.8, 4) is 17.2 Å². The van der Waals surface area contributed by atoms with E-state index in [1.165, 1.54) is 25.3 Å². The van der Waals surface area contributed by atoms with Crippen LogP contribution in [0, 0.1) is 6.92 Å². The Morgan fingerprint density at radius 3 is 2.65 bits per heavy atom. The van der Waals surface area contributed by atoms with Crippen molar-refractivity contribution in [3.05, 3.63) is 76.0 Å². The van der Waals surface area contributed by atoms with Crippen molar-refractivity contribution >= 4 is 17.6 Å². The Morgan fingerprint density at radius 1 is 1.15 bits per heavy atom. The summed E-state index contributed by atoms with van der Waals surface area (Å²) in [5, 5.41) is 25.6.